The number of nitrogens with zero attached hydrogens (tertiary/aromatic N) is 2. The van der Waals surface area contributed by atoms with Crippen molar-refractivity contribution >= 4 is 5.97 Å². The molecule has 0 aromatic heterocycles. The summed E-state index contributed by atoms with van der Waals surface area (Å²) in [6.07, 6.45) is 5.58. The van der Waals surface area contributed by atoms with Crippen LogP contribution in [-0.2, 0) is 4.79 Å². The third kappa shape index (κ3) is 4.56. The predicted octanol–water partition coefficient (Wildman–Crippen LogP) is 4.94. The smallest absolute Gasteiger partial charge is 0.310 e. The van der Waals surface area contributed by atoms with Crippen LogP contribution in [0.15, 0.2) is 60.7 Å². The lowest BCUT2D eigenvalue weighted by Gasteiger charge is -2.47. The molecule has 1 N–H and O–H groups in total. The Kier molecular flexibility index (Phi) is 6.89. The highest BCUT2D eigenvalue weighted by Gasteiger charge is 2.51. The van der Waals surface area contributed by atoms with Crippen LogP contribution < -0.4 is 0 Å². The Morgan fingerprint density at radius 2 is 1.62 bits per heavy atom. The quantitative estimate of drug-likeness (QED) is 0.491. The summed E-state index contributed by atoms with van der Waals surface area (Å²) in [4.78, 5) is 26.2. The molecule has 6 heteroatoms. The molecule has 1 heterocycles. The lowest BCUT2D eigenvalue weighted by molar-refractivity contribution is -0.486. The summed E-state index contributed by atoms with van der Waals surface area (Å²) in [5.74, 6) is -1.07. The summed E-state index contributed by atoms with van der Waals surface area (Å²) < 4.78 is 0. The van der Waals surface area contributed by atoms with Crippen LogP contribution in [0.2, 0.25) is 0 Å². The monoisotopic (exact) mass is 436 g/mol. The fourth-order valence-corrected chi connectivity index (χ4v) is 6.04. The molecule has 3 atom stereocenters. The van der Waals surface area contributed by atoms with Crippen LogP contribution in [0, 0.1) is 15.5 Å². The zero-order chi connectivity index (χ0) is 22.6. The van der Waals surface area contributed by atoms with Gasteiger partial charge in [-0.25, -0.2) is 0 Å². The minimum Gasteiger partial charge on any atom is -0.481 e. The van der Waals surface area contributed by atoms with E-state index in [1.165, 1.54) is 18.4 Å². The summed E-state index contributed by atoms with van der Waals surface area (Å²) in [5, 5.41) is 21.8. The first-order chi connectivity index (χ1) is 15.5. The molecular weight excluding hydrogens is 404 g/mol. The van der Waals surface area contributed by atoms with E-state index in [9.17, 15) is 20.0 Å². The van der Waals surface area contributed by atoms with Gasteiger partial charge in [-0.2, -0.15) is 0 Å². The maximum absolute atomic E-state index is 12.6. The molecule has 0 amide bonds. The fraction of sp³-hybridized carbons (Fsp3) is 0.500. The lowest BCUT2D eigenvalue weighted by Crippen LogP contribution is -2.53. The van der Waals surface area contributed by atoms with E-state index in [-0.39, 0.29) is 11.5 Å². The summed E-state index contributed by atoms with van der Waals surface area (Å²) in [5.41, 5.74) is 1.00. The number of likely N-dealkylation sites (tertiary alicyclic amines) is 1. The predicted molar refractivity (Wildman–Crippen MR) is 123 cm³/mol. The molecule has 1 aliphatic heterocycles. The number of carbonyl (C=O) groups is 1. The Balaban J connectivity index is 1.57. The van der Waals surface area contributed by atoms with Crippen LogP contribution >= 0.6 is 0 Å². The Labute approximate surface area is 189 Å². The first-order valence-electron chi connectivity index (χ1n) is 11.7. The SMILES string of the molecule is O=C(O)C1(C(C[N+](=O)[O-])c2ccccc2)CCN(C2CCCCC2c2ccccc2)CC1. The van der Waals surface area contributed by atoms with Gasteiger partial charge in [-0.1, -0.05) is 73.5 Å². The summed E-state index contributed by atoms with van der Waals surface area (Å²) in [7, 11) is 0. The number of nitro groups is 1. The molecule has 2 aliphatic rings. The second-order valence-electron chi connectivity index (χ2n) is 9.34. The van der Waals surface area contributed by atoms with Crippen molar-refractivity contribution in [1.29, 1.82) is 0 Å². The number of benzene rings is 2. The molecule has 2 aromatic rings. The second kappa shape index (κ2) is 9.82. The molecule has 4 rings (SSSR count). The highest BCUT2D eigenvalue weighted by Crippen LogP contribution is 2.47. The molecule has 3 unspecified atom stereocenters. The standard InChI is InChI=1S/C26H32N2O4/c29-25(30)26(23(19-28(31)32)21-11-5-2-6-12-21)15-17-27(18-16-26)24-14-8-7-13-22(24)20-9-3-1-4-10-20/h1-6,9-12,22-24H,7-8,13-19H2,(H,29,30). The molecule has 0 spiro atoms. The highest BCUT2D eigenvalue weighted by atomic mass is 16.6. The Hall–Kier alpha value is -2.73. The van der Waals surface area contributed by atoms with Crippen LogP contribution in [0.4, 0.5) is 0 Å². The zero-order valence-corrected chi connectivity index (χ0v) is 18.4. The van der Waals surface area contributed by atoms with Gasteiger partial charge in [-0.3, -0.25) is 19.8 Å². The van der Waals surface area contributed by atoms with Crippen molar-refractivity contribution in [3.8, 4) is 0 Å². The van der Waals surface area contributed by atoms with E-state index in [2.05, 4.69) is 29.2 Å². The molecule has 2 fully saturated rings. The highest BCUT2D eigenvalue weighted by molar-refractivity contribution is 5.76. The Bertz CT molecular complexity index is 910. The molecule has 6 nitrogen and oxygen atoms in total. The van der Waals surface area contributed by atoms with Crippen molar-refractivity contribution in [3.63, 3.8) is 0 Å². The van der Waals surface area contributed by atoms with E-state index in [1.54, 1.807) is 0 Å². The summed E-state index contributed by atoms with van der Waals surface area (Å²) in [6.45, 7) is 0.981. The summed E-state index contributed by atoms with van der Waals surface area (Å²) in [6, 6.07) is 20.2. The second-order valence-corrected chi connectivity index (χ2v) is 9.34. The van der Waals surface area contributed by atoms with E-state index in [0.717, 1.165) is 18.4 Å². The number of hydrogen-bond donors (Lipinski definition) is 1. The van der Waals surface area contributed by atoms with Crippen LogP contribution in [0.1, 0.15) is 61.5 Å². The normalized spacial score (nSPS) is 24.5. The van der Waals surface area contributed by atoms with Gasteiger partial charge in [0.2, 0.25) is 6.54 Å². The molecule has 1 saturated carbocycles. The minimum absolute atomic E-state index is 0.355. The van der Waals surface area contributed by atoms with Gasteiger partial charge < -0.3 is 5.11 Å². The first-order valence-corrected chi connectivity index (χ1v) is 11.7. The van der Waals surface area contributed by atoms with Gasteiger partial charge in [0.15, 0.2) is 0 Å². The number of piperidine rings is 1. The number of rotatable bonds is 7. The molecule has 1 aliphatic carbocycles. The van der Waals surface area contributed by atoms with Crippen LogP contribution in [0.5, 0.6) is 0 Å². The van der Waals surface area contributed by atoms with Crippen LogP contribution in [0.3, 0.4) is 0 Å². The average molecular weight is 437 g/mol. The number of hydrogen-bond acceptors (Lipinski definition) is 4. The van der Waals surface area contributed by atoms with Crippen molar-refractivity contribution in [1.82, 2.24) is 4.90 Å². The van der Waals surface area contributed by atoms with Gasteiger partial charge in [0.25, 0.3) is 0 Å². The molecule has 0 radical (unpaired) electrons. The van der Waals surface area contributed by atoms with E-state index < -0.39 is 17.3 Å². The Morgan fingerprint density at radius 1 is 1.03 bits per heavy atom. The maximum Gasteiger partial charge on any atom is 0.310 e. The van der Waals surface area contributed by atoms with E-state index >= 15 is 0 Å². The van der Waals surface area contributed by atoms with Crippen molar-refractivity contribution in [2.24, 2.45) is 5.41 Å². The number of aliphatic carboxylic acids is 1. The largest absolute Gasteiger partial charge is 0.481 e. The van der Waals surface area contributed by atoms with Crippen LogP contribution in [-0.4, -0.2) is 46.6 Å². The van der Waals surface area contributed by atoms with Crippen molar-refractivity contribution in [2.45, 2.75) is 56.4 Å². The molecule has 1 saturated heterocycles. The molecule has 2 aromatic carbocycles. The average Bonchev–Trinajstić information content (AvgIpc) is 2.83. The zero-order valence-electron chi connectivity index (χ0n) is 18.4. The van der Waals surface area contributed by atoms with Gasteiger partial charge in [0.1, 0.15) is 0 Å². The van der Waals surface area contributed by atoms with Gasteiger partial charge in [0, 0.05) is 11.0 Å². The summed E-state index contributed by atoms with van der Waals surface area (Å²) >= 11 is 0. The maximum atomic E-state index is 12.6. The minimum atomic E-state index is -1.11. The topological polar surface area (TPSA) is 83.7 Å². The van der Waals surface area contributed by atoms with Gasteiger partial charge >= 0.3 is 5.97 Å². The molecule has 32 heavy (non-hydrogen) atoms. The first kappa shape index (κ1) is 22.5. The van der Waals surface area contributed by atoms with Crippen LogP contribution in [0.25, 0.3) is 0 Å². The fourth-order valence-electron chi connectivity index (χ4n) is 6.04. The van der Waals surface area contributed by atoms with E-state index in [1.807, 2.05) is 36.4 Å². The molecular formula is C26H32N2O4. The molecule has 0 bridgehead atoms. The van der Waals surface area contributed by atoms with Gasteiger partial charge in [0.05, 0.1) is 11.3 Å². The van der Waals surface area contributed by atoms with Crippen molar-refractivity contribution in [3.05, 3.63) is 81.9 Å². The Morgan fingerprint density at radius 3 is 2.22 bits per heavy atom. The van der Waals surface area contributed by atoms with E-state index in [0.29, 0.717) is 37.9 Å². The van der Waals surface area contributed by atoms with Gasteiger partial charge in [-0.05, 0) is 55.8 Å². The van der Waals surface area contributed by atoms with Gasteiger partial charge in [-0.15, -0.1) is 0 Å². The number of carboxylic acids is 1. The molecule has 170 valence electrons. The third-order valence-electron chi connectivity index (χ3n) is 7.74. The van der Waals surface area contributed by atoms with Crippen molar-refractivity contribution < 1.29 is 14.8 Å². The lowest BCUT2D eigenvalue weighted by atomic mass is 9.65. The third-order valence-corrected chi connectivity index (χ3v) is 7.74. The van der Waals surface area contributed by atoms with E-state index in [4.69, 9.17) is 0 Å². The number of carboxylic acid groups (broad SMARTS) is 1. The van der Waals surface area contributed by atoms with Crippen molar-refractivity contribution in [2.75, 3.05) is 19.6 Å².